The van der Waals surface area contributed by atoms with Gasteiger partial charge in [0.05, 0.1) is 17.1 Å². The highest BCUT2D eigenvalue weighted by molar-refractivity contribution is 7.80. The van der Waals surface area contributed by atoms with E-state index in [-0.39, 0.29) is 17.9 Å². The lowest BCUT2D eigenvalue weighted by atomic mass is 10.0. The number of anilines is 2. The van der Waals surface area contributed by atoms with Gasteiger partial charge in [-0.15, -0.1) is 0 Å². The fourth-order valence-corrected chi connectivity index (χ4v) is 3.12. The van der Waals surface area contributed by atoms with Crippen molar-refractivity contribution >= 4 is 46.0 Å². The van der Waals surface area contributed by atoms with Gasteiger partial charge in [0.1, 0.15) is 6.04 Å². The zero-order valence-corrected chi connectivity index (χ0v) is 16.7. The van der Waals surface area contributed by atoms with E-state index < -0.39 is 0 Å². The standard InChI is InChI=1S/C20H23N5OS/c1-13(2)18-19(26)25(20(27)21-18)17-11-7-15(8-12-17)23-22-14-5-9-16(10-6-14)24(3)4/h5-13,18H,1-4H3,(H,21,27)/b23-22+. The third kappa shape index (κ3) is 4.14. The van der Waals surface area contributed by atoms with Crippen molar-refractivity contribution in [1.29, 1.82) is 0 Å². The van der Waals surface area contributed by atoms with Crippen LogP contribution in [-0.2, 0) is 4.79 Å². The van der Waals surface area contributed by atoms with Gasteiger partial charge in [-0.1, -0.05) is 13.8 Å². The van der Waals surface area contributed by atoms with Gasteiger partial charge in [-0.3, -0.25) is 9.69 Å². The molecule has 0 saturated carbocycles. The molecule has 1 N–H and O–H groups in total. The molecular formula is C20H23N5OS. The van der Waals surface area contributed by atoms with Crippen molar-refractivity contribution in [1.82, 2.24) is 5.32 Å². The second-order valence-corrected chi connectivity index (χ2v) is 7.36. The zero-order chi connectivity index (χ0) is 19.6. The van der Waals surface area contributed by atoms with E-state index in [1.165, 1.54) is 0 Å². The molecule has 1 fully saturated rings. The van der Waals surface area contributed by atoms with Crippen LogP contribution >= 0.6 is 12.2 Å². The first-order valence-corrected chi connectivity index (χ1v) is 9.21. The van der Waals surface area contributed by atoms with Crippen molar-refractivity contribution in [3.05, 3.63) is 48.5 Å². The Morgan fingerprint density at radius 2 is 1.52 bits per heavy atom. The lowest BCUT2D eigenvalue weighted by Gasteiger charge is -2.15. The molecule has 1 aliphatic rings. The summed E-state index contributed by atoms with van der Waals surface area (Å²) in [5.74, 6) is 0.151. The van der Waals surface area contributed by atoms with E-state index >= 15 is 0 Å². The Kier molecular flexibility index (Phi) is 5.51. The van der Waals surface area contributed by atoms with Crippen molar-refractivity contribution in [3.63, 3.8) is 0 Å². The van der Waals surface area contributed by atoms with Crippen molar-refractivity contribution in [2.45, 2.75) is 19.9 Å². The first-order valence-electron chi connectivity index (χ1n) is 8.80. The quantitative estimate of drug-likeness (QED) is 0.615. The van der Waals surface area contributed by atoms with Crippen molar-refractivity contribution in [2.75, 3.05) is 23.9 Å². The van der Waals surface area contributed by atoms with Gasteiger partial charge in [0.15, 0.2) is 5.11 Å². The van der Waals surface area contributed by atoms with Gasteiger partial charge in [0.2, 0.25) is 0 Å². The van der Waals surface area contributed by atoms with Crippen molar-refractivity contribution in [3.8, 4) is 0 Å². The van der Waals surface area contributed by atoms with Gasteiger partial charge in [-0.05, 0) is 66.7 Å². The number of nitrogens with one attached hydrogen (secondary N) is 1. The van der Waals surface area contributed by atoms with Crippen LogP contribution in [0.15, 0.2) is 58.8 Å². The van der Waals surface area contributed by atoms with E-state index in [0.717, 1.165) is 17.1 Å². The monoisotopic (exact) mass is 381 g/mol. The second-order valence-electron chi connectivity index (χ2n) is 6.97. The number of nitrogens with zero attached hydrogens (tertiary/aromatic N) is 4. The van der Waals surface area contributed by atoms with Gasteiger partial charge < -0.3 is 10.2 Å². The largest absolute Gasteiger partial charge is 0.378 e. The number of carbonyl (C=O) groups is 1. The first-order chi connectivity index (χ1) is 12.9. The summed E-state index contributed by atoms with van der Waals surface area (Å²) in [7, 11) is 3.99. The van der Waals surface area contributed by atoms with Crippen LogP contribution in [0.4, 0.5) is 22.7 Å². The Morgan fingerprint density at radius 1 is 1.00 bits per heavy atom. The van der Waals surface area contributed by atoms with E-state index in [4.69, 9.17) is 12.2 Å². The van der Waals surface area contributed by atoms with Crippen LogP contribution in [0.3, 0.4) is 0 Å². The predicted molar refractivity (Wildman–Crippen MR) is 113 cm³/mol. The average Bonchev–Trinajstić information content (AvgIpc) is 2.95. The number of hydrogen-bond donors (Lipinski definition) is 1. The number of rotatable bonds is 5. The molecule has 1 amide bonds. The number of thiocarbonyl (C=S) groups is 1. The van der Waals surface area contributed by atoms with Gasteiger partial charge in [-0.2, -0.15) is 10.2 Å². The highest BCUT2D eigenvalue weighted by Crippen LogP contribution is 2.26. The minimum absolute atomic E-state index is 0.0228. The molecule has 2 aromatic carbocycles. The fraction of sp³-hybridized carbons (Fsp3) is 0.300. The second kappa shape index (κ2) is 7.84. The van der Waals surface area contributed by atoms with E-state index in [9.17, 15) is 4.79 Å². The topological polar surface area (TPSA) is 60.3 Å². The van der Waals surface area contributed by atoms with E-state index in [1.807, 2.05) is 81.4 Å². The SMILES string of the molecule is CC(C)C1NC(=S)N(c2ccc(/N=N/c3ccc(N(C)C)cc3)cc2)C1=O. The summed E-state index contributed by atoms with van der Waals surface area (Å²) in [6.45, 7) is 3.99. The lowest BCUT2D eigenvalue weighted by Crippen LogP contribution is -2.34. The molecule has 1 aliphatic heterocycles. The molecule has 0 bridgehead atoms. The molecule has 140 valence electrons. The van der Waals surface area contributed by atoms with Crippen LogP contribution in [0, 0.1) is 5.92 Å². The maximum absolute atomic E-state index is 12.6. The minimum atomic E-state index is -0.276. The number of benzene rings is 2. The molecule has 0 aromatic heterocycles. The molecule has 1 unspecified atom stereocenters. The molecule has 0 radical (unpaired) electrons. The Morgan fingerprint density at radius 3 is 1.96 bits per heavy atom. The van der Waals surface area contributed by atoms with Crippen LogP contribution < -0.4 is 15.1 Å². The summed E-state index contributed by atoms with van der Waals surface area (Å²) in [6.07, 6.45) is 0. The van der Waals surface area contributed by atoms with Crippen LogP contribution in [0.1, 0.15) is 13.8 Å². The highest BCUT2D eigenvalue weighted by atomic mass is 32.1. The van der Waals surface area contributed by atoms with Crippen LogP contribution in [-0.4, -0.2) is 31.2 Å². The van der Waals surface area contributed by atoms with E-state index in [0.29, 0.717) is 10.8 Å². The Hall–Kier alpha value is -2.80. The predicted octanol–water partition coefficient (Wildman–Crippen LogP) is 4.41. The molecule has 6 nitrogen and oxygen atoms in total. The summed E-state index contributed by atoms with van der Waals surface area (Å²) in [6, 6.07) is 14.9. The molecular weight excluding hydrogens is 358 g/mol. The fourth-order valence-electron chi connectivity index (χ4n) is 2.80. The molecule has 0 spiro atoms. The Bertz CT molecular complexity index is 859. The van der Waals surface area contributed by atoms with Gasteiger partial charge >= 0.3 is 0 Å². The smallest absolute Gasteiger partial charge is 0.256 e. The number of amides is 1. The highest BCUT2D eigenvalue weighted by Gasteiger charge is 2.37. The van der Waals surface area contributed by atoms with Crippen molar-refractivity contribution in [2.24, 2.45) is 16.1 Å². The zero-order valence-electron chi connectivity index (χ0n) is 15.9. The Labute approximate surface area is 164 Å². The maximum Gasteiger partial charge on any atom is 0.256 e. The average molecular weight is 382 g/mol. The summed E-state index contributed by atoms with van der Waals surface area (Å²) < 4.78 is 0. The lowest BCUT2D eigenvalue weighted by molar-refractivity contribution is -0.119. The molecule has 0 aliphatic carbocycles. The van der Waals surface area contributed by atoms with E-state index in [1.54, 1.807) is 4.90 Å². The maximum atomic E-state index is 12.6. The third-order valence-corrected chi connectivity index (χ3v) is 4.69. The summed E-state index contributed by atoms with van der Waals surface area (Å²) in [5, 5.41) is 12.0. The molecule has 1 atom stereocenters. The molecule has 27 heavy (non-hydrogen) atoms. The minimum Gasteiger partial charge on any atom is -0.378 e. The van der Waals surface area contributed by atoms with Crippen molar-refractivity contribution < 1.29 is 4.79 Å². The van der Waals surface area contributed by atoms with Gasteiger partial charge in [-0.25, -0.2) is 0 Å². The summed E-state index contributed by atoms with van der Waals surface area (Å²) >= 11 is 5.32. The first kappa shape index (κ1) is 19.0. The van der Waals surface area contributed by atoms with Gasteiger partial charge in [0.25, 0.3) is 5.91 Å². The molecule has 2 aromatic rings. The van der Waals surface area contributed by atoms with E-state index in [2.05, 4.69) is 15.5 Å². The number of azo groups is 1. The summed E-state index contributed by atoms with van der Waals surface area (Å²) in [5.41, 5.74) is 3.33. The Balaban J connectivity index is 1.72. The number of carbonyl (C=O) groups excluding carboxylic acids is 1. The number of hydrogen-bond acceptors (Lipinski definition) is 5. The molecule has 7 heteroatoms. The molecule has 3 rings (SSSR count). The third-order valence-electron chi connectivity index (χ3n) is 4.39. The van der Waals surface area contributed by atoms with Crippen LogP contribution in [0.25, 0.3) is 0 Å². The van der Waals surface area contributed by atoms with Crippen LogP contribution in [0.2, 0.25) is 0 Å². The van der Waals surface area contributed by atoms with Gasteiger partial charge in [0, 0.05) is 19.8 Å². The normalized spacial score (nSPS) is 17.1. The molecule has 1 saturated heterocycles. The summed E-state index contributed by atoms with van der Waals surface area (Å²) in [4.78, 5) is 16.1. The molecule has 1 heterocycles. The van der Waals surface area contributed by atoms with Crippen LogP contribution in [0.5, 0.6) is 0 Å².